The summed E-state index contributed by atoms with van der Waals surface area (Å²) in [4.78, 5) is 15.0. The third-order valence-electron chi connectivity index (χ3n) is 6.03. The molecule has 2 N–H and O–H groups in total. The molecule has 3 aromatic carbocycles. The highest BCUT2D eigenvalue weighted by atomic mass is 32.2. The maximum absolute atomic E-state index is 13.4. The Morgan fingerprint density at radius 3 is 2.34 bits per heavy atom. The molecule has 1 aliphatic heterocycles. The van der Waals surface area contributed by atoms with Gasteiger partial charge in [0.1, 0.15) is 0 Å². The lowest BCUT2D eigenvalue weighted by molar-refractivity contribution is 0.0908. The Labute approximate surface area is 204 Å². The average Bonchev–Trinajstić information content (AvgIpc) is 2.87. The average molecular weight is 500 g/mol. The van der Waals surface area contributed by atoms with Crippen molar-refractivity contribution in [2.75, 3.05) is 13.1 Å². The fraction of sp³-hybridized carbons (Fsp3) is 0.269. The minimum absolute atomic E-state index is 0.0300. The Balaban J connectivity index is 1.30. The Morgan fingerprint density at radius 2 is 1.63 bits per heavy atom. The Kier molecular flexibility index (Phi) is 7.90. The molecule has 184 valence electrons. The van der Waals surface area contributed by atoms with Crippen LogP contribution in [0.4, 0.5) is 8.78 Å². The lowest BCUT2D eigenvalue weighted by atomic mass is 10.0. The number of sulfonamides is 1. The number of amides is 1. The molecule has 0 aromatic heterocycles. The largest absolute Gasteiger partial charge is 0.349 e. The van der Waals surface area contributed by atoms with Gasteiger partial charge < -0.3 is 5.32 Å². The molecule has 0 radical (unpaired) electrons. The van der Waals surface area contributed by atoms with Gasteiger partial charge in [0.05, 0.1) is 4.90 Å². The van der Waals surface area contributed by atoms with E-state index in [0.29, 0.717) is 38.0 Å². The summed E-state index contributed by atoms with van der Waals surface area (Å²) < 4.78 is 54.5. The smallest absolute Gasteiger partial charge is 0.251 e. The van der Waals surface area contributed by atoms with Crippen LogP contribution in [0.1, 0.15) is 34.3 Å². The summed E-state index contributed by atoms with van der Waals surface area (Å²) in [5.74, 6) is -2.05. The number of nitrogens with zero attached hydrogens (tertiary/aromatic N) is 1. The van der Waals surface area contributed by atoms with Crippen molar-refractivity contribution < 1.29 is 22.0 Å². The van der Waals surface area contributed by atoms with Crippen molar-refractivity contribution in [1.29, 1.82) is 0 Å². The summed E-state index contributed by atoms with van der Waals surface area (Å²) in [7, 11) is -3.78. The molecule has 0 unspecified atom stereocenters. The van der Waals surface area contributed by atoms with E-state index in [-0.39, 0.29) is 29.0 Å². The molecule has 1 fully saturated rings. The van der Waals surface area contributed by atoms with Gasteiger partial charge in [0.15, 0.2) is 11.6 Å². The van der Waals surface area contributed by atoms with Crippen molar-refractivity contribution in [3.8, 4) is 0 Å². The lowest BCUT2D eigenvalue weighted by Gasteiger charge is -2.32. The number of carbonyl (C=O) groups excluding carboxylic acids is 1. The van der Waals surface area contributed by atoms with E-state index in [0.717, 1.165) is 11.6 Å². The highest BCUT2D eigenvalue weighted by molar-refractivity contribution is 7.89. The normalized spacial score (nSPS) is 15.1. The molecule has 1 aliphatic rings. The van der Waals surface area contributed by atoms with Gasteiger partial charge in [-0.2, -0.15) is 0 Å². The number of likely N-dealkylation sites (tertiary alicyclic amines) is 1. The van der Waals surface area contributed by atoms with Crippen LogP contribution < -0.4 is 10.0 Å². The highest BCUT2D eigenvalue weighted by Crippen LogP contribution is 2.17. The highest BCUT2D eigenvalue weighted by Gasteiger charge is 2.22. The van der Waals surface area contributed by atoms with E-state index in [1.807, 2.05) is 30.3 Å². The molecule has 6 nitrogen and oxygen atoms in total. The number of benzene rings is 3. The number of halogens is 2. The molecular formula is C26H27F2N3O3S. The van der Waals surface area contributed by atoms with E-state index in [2.05, 4.69) is 14.9 Å². The molecule has 0 atom stereocenters. The molecule has 3 aromatic rings. The maximum atomic E-state index is 13.4. The van der Waals surface area contributed by atoms with E-state index in [9.17, 15) is 22.0 Å². The van der Waals surface area contributed by atoms with Crippen LogP contribution in [-0.2, 0) is 23.1 Å². The fourth-order valence-electron chi connectivity index (χ4n) is 4.06. The zero-order valence-electron chi connectivity index (χ0n) is 19.1. The Hall–Kier alpha value is -3.14. The van der Waals surface area contributed by atoms with Gasteiger partial charge >= 0.3 is 0 Å². The summed E-state index contributed by atoms with van der Waals surface area (Å²) in [5, 5.41) is 2.98. The number of carbonyl (C=O) groups is 1. The Bertz CT molecular complexity index is 1280. The summed E-state index contributed by atoms with van der Waals surface area (Å²) in [6.07, 6.45) is 1.40. The van der Waals surface area contributed by atoms with Crippen molar-refractivity contribution in [2.24, 2.45) is 0 Å². The third-order valence-corrected chi connectivity index (χ3v) is 7.43. The molecule has 0 saturated carbocycles. The summed E-state index contributed by atoms with van der Waals surface area (Å²) >= 11 is 0. The van der Waals surface area contributed by atoms with Crippen LogP contribution in [0.15, 0.2) is 77.7 Å². The first-order valence-electron chi connectivity index (χ1n) is 11.4. The standard InChI is InChI=1S/C26H27F2N3O3S/c27-24-10-9-20(15-25(24)28)18-31-13-11-22(12-14-31)30-26(32)21-7-4-8-23(16-21)35(33,34)29-17-19-5-2-1-3-6-19/h1-10,15-16,22,29H,11-14,17-18H2,(H,30,32). The molecule has 0 bridgehead atoms. The molecule has 0 aliphatic carbocycles. The molecule has 4 rings (SSSR count). The van der Waals surface area contributed by atoms with Crippen molar-refractivity contribution in [3.63, 3.8) is 0 Å². The second-order valence-electron chi connectivity index (χ2n) is 8.61. The van der Waals surface area contributed by atoms with Crippen molar-refractivity contribution >= 4 is 15.9 Å². The van der Waals surface area contributed by atoms with Crippen molar-refractivity contribution in [1.82, 2.24) is 14.9 Å². The first-order chi connectivity index (χ1) is 16.8. The van der Waals surface area contributed by atoms with Crippen LogP contribution in [0.25, 0.3) is 0 Å². The lowest BCUT2D eigenvalue weighted by Crippen LogP contribution is -2.44. The molecule has 1 amide bonds. The van der Waals surface area contributed by atoms with Gasteiger partial charge in [-0.1, -0.05) is 42.5 Å². The van der Waals surface area contributed by atoms with Crippen LogP contribution in [0.2, 0.25) is 0 Å². The maximum Gasteiger partial charge on any atom is 0.251 e. The molecule has 35 heavy (non-hydrogen) atoms. The second kappa shape index (κ2) is 11.1. The van der Waals surface area contributed by atoms with Gasteiger partial charge in [0, 0.05) is 37.8 Å². The molecule has 1 heterocycles. The van der Waals surface area contributed by atoms with E-state index >= 15 is 0 Å². The van der Waals surface area contributed by atoms with Gasteiger partial charge in [-0.25, -0.2) is 21.9 Å². The van der Waals surface area contributed by atoms with Crippen LogP contribution in [0.5, 0.6) is 0 Å². The second-order valence-corrected chi connectivity index (χ2v) is 10.4. The number of hydrogen-bond donors (Lipinski definition) is 2. The van der Waals surface area contributed by atoms with Crippen LogP contribution in [0.3, 0.4) is 0 Å². The molecular weight excluding hydrogens is 472 g/mol. The van der Waals surface area contributed by atoms with Gasteiger partial charge in [0.25, 0.3) is 5.91 Å². The quantitative estimate of drug-likeness (QED) is 0.494. The minimum atomic E-state index is -3.78. The molecule has 1 saturated heterocycles. The van der Waals surface area contributed by atoms with Gasteiger partial charge in [-0.05, 0) is 54.3 Å². The summed E-state index contributed by atoms with van der Waals surface area (Å²) in [6.45, 7) is 2.06. The van der Waals surface area contributed by atoms with Crippen molar-refractivity contribution in [3.05, 3.63) is 101 Å². The van der Waals surface area contributed by atoms with E-state index in [1.165, 1.54) is 18.2 Å². The SMILES string of the molecule is O=C(NC1CCN(Cc2ccc(F)c(F)c2)CC1)c1cccc(S(=O)(=O)NCc2ccccc2)c1. The number of nitrogens with one attached hydrogen (secondary N) is 2. The minimum Gasteiger partial charge on any atom is -0.349 e. The molecule has 9 heteroatoms. The first-order valence-corrected chi connectivity index (χ1v) is 12.9. The van der Waals surface area contributed by atoms with Gasteiger partial charge in [-0.3, -0.25) is 9.69 Å². The number of hydrogen-bond acceptors (Lipinski definition) is 4. The summed E-state index contributed by atoms with van der Waals surface area (Å²) in [6, 6.07) is 19.0. The predicted molar refractivity (Wildman–Crippen MR) is 129 cm³/mol. The van der Waals surface area contributed by atoms with E-state index in [4.69, 9.17) is 0 Å². The van der Waals surface area contributed by atoms with Crippen LogP contribution in [-0.4, -0.2) is 38.4 Å². The van der Waals surface area contributed by atoms with Crippen LogP contribution >= 0.6 is 0 Å². The zero-order chi connectivity index (χ0) is 24.8. The molecule has 0 spiro atoms. The number of piperidine rings is 1. The number of rotatable bonds is 8. The van der Waals surface area contributed by atoms with Crippen molar-refractivity contribution in [2.45, 2.75) is 36.9 Å². The third kappa shape index (κ3) is 6.72. The van der Waals surface area contributed by atoms with Gasteiger partial charge in [-0.15, -0.1) is 0 Å². The van der Waals surface area contributed by atoms with Gasteiger partial charge in [0.2, 0.25) is 10.0 Å². The van der Waals surface area contributed by atoms with E-state index < -0.39 is 21.7 Å². The Morgan fingerprint density at radius 1 is 0.886 bits per heavy atom. The summed E-state index contributed by atoms with van der Waals surface area (Å²) in [5.41, 5.74) is 1.81. The zero-order valence-corrected chi connectivity index (χ0v) is 19.9. The predicted octanol–water partition coefficient (Wildman–Crippen LogP) is 3.84. The monoisotopic (exact) mass is 499 g/mol. The first kappa shape index (κ1) is 25.0. The van der Waals surface area contributed by atoms with Crippen LogP contribution in [0, 0.1) is 11.6 Å². The topological polar surface area (TPSA) is 78.5 Å². The fourth-order valence-corrected chi connectivity index (χ4v) is 5.13. The van der Waals surface area contributed by atoms with E-state index in [1.54, 1.807) is 18.2 Å².